The summed E-state index contributed by atoms with van der Waals surface area (Å²) < 4.78 is 10.8. The van der Waals surface area contributed by atoms with Crippen molar-refractivity contribution in [2.45, 2.75) is 30.6 Å². The summed E-state index contributed by atoms with van der Waals surface area (Å²) >= 11 is 0. The van der Waals surface area contributed by atoms with Crippen LogP contribution in [0.25, 0.3) is 0 Å². The Morgan fingerprint density at radius 1 is 1.59 bits per heavy atom. The number of fused-ring (bicyclic) bond motifs is 1. The van der Waals surface area contributed by atoms with E-state index in [4.69, 9.17) is 14.9 Å². The van der Waals surface area contributed by atoms with Gasteiger partial charge >= 0.3 is 0 Å². The number of nitrogens with one attached hydrogen (secondary N) is 2. The maximum absolute atomic E-state index is 11.7. The average Bonchev–Trinajstić information content (AvgIpc) is 2.99. The molecule has 0 aromatic carbocycles. The Bertz CT molecular complexity index is 537. The van der Waals surface area contributed by atoms with Crippen molar-refractivity contribution in [1.29, 1.82) is 5.41 Å². The van der Waals surface area contributed by atoms with Crippen LogP contribution in [0, 0.1) is 5.41 Å². The van der Waals surface area contributed by atoms with E-state index < -0.39 is 36.5 Å². The Labute approximate surface area is 125 Å². The van der Waals surface area contributed by atoms with Crippen LogP contribution < -0.4 is 5.32 Å². The highest BCUT2D eigenvalue weighted by Gasteiger charge is 2.50. The van der Waals surface area contributed by atoms with Crippen molar-refractivity contribution in [1.82, 2.24) is 10.2 Å². The molecule has 122 valence electrons. The molecular weight excluding hydrogens is 298 g/mol. The summed E-state index contributed by atoms with van der Waals surface area (Å²) in [5, 5.41) is 29.0. The van der Waals surface area contributed by atoms with E-state index in [1.165, 1.54) is 18.3 Å². The highest BCUT2D eigenvalue weighted by Crippen LogP contribution is 2.28. The molecule has 6 N–H and O–H groups in total. The monoisotopic (exact) mass is 315 g/mol. The molecule has 3 heterocycles. The number of amides is 1. The van der Waals surface area contributed by atoms with Gasteiger partial charge in [0.05, 0.1) is 12.9 Å². The molecule has 22 heavy (non-hydrogen) atoms. The number of aliphatic hydroxyl groups excluding tert-OH is 2. The molecule has 0 spiro atoms. The van der Waals surface area contributed by atoms with Crippen LogP contribution in [-0.4, -0.2) is 88.9 Å². The molecule has 0 aromatic rings. The lowest BCUT2D eigenvalue weighted by atomic mass is 10.1. The smallest absolute Gasteiger partial charge is 0.259 e. The number of carbonyl (C=O) groups excluding carboxylic acids is 1. The van der Waals surface area contributed by atoms with Crippen molar-refractivity contribution < 1.29 is 30.0 Å². The van der Waals surface area contributed by atoms with Crippen molar-refractivity contribution in [3.8, 4) is 0 Å². The Hall–Kier alpha value is -1.92. The number of hydrogen-bond donors (Lipinski definition) is 4. The lowest BCUT2D eigenvalue weighted by Gasteiger charge is -2.29. The zero-order chi connectivity index (χ0) is 15.1. The van der Waals surface area contributed by atoms with Crippen LogP contribution in [-0.2, 0) is 14.3 Å². The summed E-state index contributed by atoms with van der Waals surface area (Å²) in [6.45, 7) is -0.366. The van der Waals surface area contributed by atoms with Gasteiger partial charge in [0.15, 0.2) is 18.1 Å². The summed E-state index contributed by atoms with van der Waals surface area (Å²) in [7, 11) is 1.41. The second-order valence-electron chi connectivity index (χ2n) is 4.82. The SMILES string of the molecule is COC1C(O)C(CO)OC1N1C=NC2C(=O)NC(=N)N=C21.O. The molecule has 0 radical (unpaired) electrons. The first kappa shape index (κ1) is 16.5. The third kappa shape index (κ3) is 2.38. The van der Waals surface area contributed by atoms with Crippen LogP contribution in [0.15, 0.2) is 9.98 Å². The van der Waals surface area contributed by atoms with Gasteiger partial charge in [-0.1, -0.05) is 0 Å². The van der Waals surface area contributed by atoms with E-state index in [9.17, 15) is 15.0 Å². The second-order valence-corrected chi connectivity index (χ2v) is 4.82. The van der Waals surface area contributed by atoms with Gasteiger partial charge in [-0.25, -0.2) is 0 Å². The van der Waals surface area contributed by atoms with Crippen molar-refractivity contribution in [2.75, 3.05) is 13.7 Å². The molecule has 0 saturated carbocycles. The molecule has 11 heteroatoms. The van der Waals surface area contributed by atoms with Crippen molar-refractivity contribution in [3.63, 3.8) is 0 Å². The Morgan fingerprint density at radius 2 is 2.32 bits per heavy atom. The number of amidine groups is 1. The fraction of sp³-hybridized carbons (Fsp3) is 0.636. The number of carbonyl (C=O) groups is 1. The first-order valence-electron chi connectivity index (χ1n) is 6.33. The van der Waals surface area contributed by atoms with Gasteiger partial charge < -0.3 is 25.2 Å². The first-order valence-corrected chi connectivity index (χ1v) is 6.33. The maximum Gasteiger partial charge on any atom is 0.259 e. The van der Waals surface area contributed by atoms with Crippen LogP contribution in [0.5, 0.6) is 0 Å². The largest absolute Gasteiger partial charge is 0.412 e. The van der Waals surface area contributed by atoms with E-state index in [0.29, 0.717) is 0 Å². The van der Waals surface area contributed by atoms with Crippen LogP contribution >= 0.6 is 0 Å². The third-order valence-corrected chi connectivity index (χ3v) is 3.60. The average molecular weight is 315 g/mol. The number of aliphatic imine (C=N–C) groups is 2. The lowest BCUT2D eigenvalue weighted by molar-refractivity contribution is -0.119. The molecule has 1 amide bonds. The number of nitrogens with zero attached hydrogens (tertiary/aromatic N) is 3. The molecule has 0 aliphatic carbocycles. The molecule has 3 aliphatic heterocycles. The van der Waals surface area contributed by atoms with E-state index >= 15 is 0 Å². The van der Waals surface area contributed by atoms with Crippen LogP contribution in [0.2, 0.25) is 0 Å². The third-order valence-electron chi connectivity index (χ3n) is 3.60. The number of hydrogen-bond acceptors (Lipinski definition) is 8. The number of rotatable bonds is 3. The zero-order valence-electron chi connectivity index (χ0n) is 11.6. The van der Waals surface area contributed by atoms with Crippen molar-refractivity contribution >= 4 is 24.0 Å². The first-order chi connectivity index (χ1) is 10.1. The van der Waals surface area contributed by atoms with Gasteiger partial charge in [0.25, 0.3) is 5.91 Å². The van der Waals surface area contributed by atoms with Crippen molar-refractivity contribution in [3.05, 3.63) is 0 Å². The van der Waals surface area contributed by atoms with E-state index in [1.807, 2.05) is 0 Å². The quantitative estimate of drug-likeness (QED) is 0.419. The molecule has 5 unspecified atom stereocenters. The standard InChI is InChI=1S/C11H15N5O5.H2O/c1-20-7-6(18)4(2-17)21-10(7)16-3-13-5-8(16)14-11(12)15-9(5)19;/h3-7,10,17-18H,2H2,1H3,(H2,12,15,19);1H2. The van der Waals surface area contributed by atoms with Gasteiger partial charge in [-0.15, -0.1) is 0 Å². The maximum atomic E-state index is 11.7. The fourth-order valence-corrected chi connectivity index (χ4v) is 2.58. The zero-order valence-corrected chi connectivity index (χ0v) is 11.6. The number of ether oxygens (including phenoxy) is 2. The highest BCUT2D eigenvalue weighted by atomic mass is 16.6. The molecule has 3 aliphatic rings. The van der Waals surface area contributed by atoms with Crippen molar-refractivity contribution in [2.24, 2.45) is 9.98 Å². The van der Waals surface area contributed by atoms with E-state index in [2.05, 4.69) is 15.3 Å². The van der Waals surface area contributed by atoms with Gasteiger partial charge in [-0.3, -0.25) is 25.4 Å². The fourth-order valence-electron chi connectivity index (χ4n) is 2.58. The molecular formula is C11H17N5O6. The summed E-state index contributed by atoms with van der Waals surface area (Å²) in [5.74, 6) is -0.496. The predicted molar refractivity (Wildman–Crippen MR) is 73.6 cm³/mol. The summed E-state index contributed by atoms with van der Waals surface area (Å²) in [5.41, 5.74) is 0. The number of guanidine groups is 1. The normalized spacial score (nSPS) is 36.8. The Morgan fingerprint density at radius 3 is 2.95 bits per heavy atom. The molecule has 0 bridgehead atoms. The van der Waals surface area contributed by atoms with Crippen LogP contribution in [0.3, 0.4) is 0 Å². The van der Waals surface area contributed by atoms with Gasteiger partial charge in [0.2, 0.25) is 5.96 Å². The van der Waals surface area contributed by atoms with Crippen LogP contribution in [0.1, 0.15) is 0 Å². The summed E-state index contributed by atoms with van der Waals surface area (Å²) in [6.07, 6.45) is -1.98. The summed E-state index contributed by atoms with van der Waals surface area (Å²) in [4.78, 5) is 21.2. The van der Waals surface area contributed by atoms with E-state index in [-0.39, 0.29) is 23.9 Å². The van der Waals surface area contributed by atoms with E-state index in [1.54, 1.807) is 0 Å². The highest BCUT2D eigenvalue weighted by molar-refractivity contribution is 6.23. The topological polar surface area (TPSA) is 171 Å². The molecule has 0 aromatic heterocycles. The summed E-state index contributed by atoms with van der Waals surface area (Å²) in [6, 6.07) is -0.842. The molecule has 11 nitrogen and oxygen atoms in total. The second kappa shape index (κ2) is 6.06. The lowest BCUT2D eigenvalue weighted by Crippen LogP contribution is -2.53. The van der Waals surface area contributed by atoms with Gasteiger partial charge in [-0.05, 0) is 0 Å². The molecule has 1 saturated heterocycles. The van der Waals surface area contributed by atoms with Crippen LogP contribution in [0.4, 0.5) is 0 Å². The number of aliphatic hydroxyl groups is 2. The van der Waals surface area contributed by atoms with Gasteiger partial charge in [0.1, 0.15) is 18.3 Å². The number of methoxy groups -OCH3 is 1. The Balaban J connectivity index is 0.00000176. The molecule has 5 atom stereocenters. The minimum atomic E-state index is -1.02. The molecule has 1 fully saturated rings. The minimum absolute atomic E-state index is 0. The molecule has 3 rings (SSSR count). The van der Waals surface area contributed by atoms with Gasteiger partial charge in [-0.2, -0.15) is 4.99 Å². The predicted octanol–water partition coefficient (Wildman–Crippen LogP) is -3.57. The minimum Gasteiger partial charge on any atom is -0.412 e. The van der Waals surface area contributed by atoms with E-state index in [0.717, 1.165) is 0 Å². The Kier molecular flexibility index (Phi) is 4.53. The van der Waals surface area contributed by atoms with Gasteiger partial charge in [0, 0.05) is 7.11 Å².